The summed E-state index contributed by atoms with van der Waals surface area (Å²) in [4.78, 5) is 4.04. The lowest BCUT2D eigenvalue weighted by atomic mass is 10.2. The van der Waals surface area contributed by atoms with Crippen molar-refractivity contribution in [3.05, 3.63) is 30.1 Å². The van der Waals surface area contributed by atoms with Crippen LogP contribution in [0.4, 0.5) is 8.78 Å². The molecule has 126 valence electrons. The van der Waals surface area contributed by atoms with Crippen LogP contribution in [0.1, 0.15) is 19.8 Å². The molecule has 0 radical (unpaired) electrons. The monoisotopic (exact) mass is 427 g/mol. The van der Waals surface area contributed by atoms with Crippen molar-refractivity contribution in [3.63, 3.8) is 0 Å². The maximum Gasteiger partial charge on any atom is 0.191 e. The molecule has 2 N–H and O–H groups in total. The summed E-state index contributed by atoms with van der Waals surface area (Å²) in [5.41, 5.74) is 0. The third kappa shape index (κ3) is 8.35. The summed E-state index contributed by atoms with van der Waals surface area (Å²) in [5.74, 6) is 0.785. The third-order valence-electron chi connectivity index (χ3n) is 2.88. The molecule has 1 aromatic carbocycles. The predicted molar refractivity (Wildman–Crippen MR) is 96.5 cm³/mol. The molecular formula is C15H24F2IN3O. The van der Waals surface area contributed by atoms with Crippen LogP contribution in [0.25, 0.3) is 0 Å². The van der Waals surface area contributed by atoms with Crippen LogP contribution in [-0.2, 0) is 0 Å². The average Bonchev–Trinajstić information content (AvgIpc) is 2.49. The molecule has 4 nitrogen and oxygen atoms in total. The van der Waals surface area contributed by atoms with Crippen LogP contribution in [0, 0.1) is 5.82 Å². The molecule has 0 saturated heterocycles. The summed E-state index contributed by atoms with van der Waals surface area (Å²) < 4.78 is 30.9. The van der Waals surface area contributed by atoms with Crippen molar-refractivity contribution in [1.82, 2.24) is 10.6 Å². The van der Waals surface area contributed by atoms with Gasteiger partial charge in [0.2, 0.25) is 0 Å². The quantitative estimate of drug-likeness (QED) is 0.290. The van der Waals surface area contributed by atoms with Gasteiger partial charge >= 0.3 is 0 Å². The number of nitrogens with one attached hydrogen (secondary N) is 2. The van der Waals surface area contributed by atoms with Crippen molar-refractivity contribution >= 4 is 29.9 Å². The maximum absolute atomic E-state index is 13.1. The molecule has 0 saturated carbocycles. The lowest BCUT2D eigenvalue weighted by Crippen LogP contribution is -2.42. The van der Waals surface area contributed by atoms with Crippen LogP contribution >= 0.6 is 24.0 Å². The minimum Gasteiger partial charge on any atom is -0.489 e. The number of guanidine groups is 1. The Morgan fingerprint density at radius 1 is 1.36 bits per heavy atom. The Morgan fingerprint density at radius 2 is 2.14 bits per heavy atom. The molecule has 0 amide bonds. The fourth-order valence-electron chi connectivity index (χ4n) is 1.71. The van der Waals surface area contributed by atoms with E-state index in [1.807, 2.05) is 6.92 Å². The molecule has 1 rings (SSSR count). The predicted octanol–water partition coefficient (Wildman–Crippen LogP) is 3.13. The number of benzene rings is 1. The Morgan fingerprint density at radius 3 is 2.73 bits per heavy atom. The molecule has 0 fully saturated rings. The van der Waals surface area contributed by atoms with Gasteiger partial charge in [0.05, 0.1) is 13.2 Å². The molecule has 0 aliphatic heterocycles. The van der Waals surface area contributed by atoms with E-state index in [0.29, 0.717) is 31.2 Å². The summed E-state index contributed by atoms with van der Waals surface area (Å²) in [7, 11) is 1.65. The first-order valence-corrected chi connectivity index (χ1v) is 7.12. The summed E-state index contributed by atoms with van der Waals surface area (Å²) >= 11 is 0. The van der Waals surface area contributed by atoms with Gasteiger partial charge in [0.25, 0.3) is 0 Å². The Hall–Kier alpha value is -1.12. The van der Waals surface area contributed by atoms with Crippen molar-refractivity contribution in [2.45, 2.75) is 25.9 Å². The summed E-state index contributed by atoms with van der Waals surface area (Å²) in [6.45, 7) is 2.69. The summed E-state index contributed by atoms with van der Waals surface area (Å²) in [6.07, 6.45) is 1.11. The zero-order valence-corrected chi connectivity index (χ0v) is 15.3. The molecule has 7 heteroatoms. The van der Waals surface area contributed by atoms with E-state index in [4.69, 9.17) is 4.74 Å². The first-order valence-electron chi connectivity index (χ1n) is 7.12. The molecule has 1 unspecified atom stereocenters. The number of hydrogen-bond donors (Lipinski definition) is 2. The van der Waals surface area contributed by atoms with Crippen LogP contribution in [0.15, 0.2) is 29.3 Å². The molecule has 22 heavy (non-hydrogen) atoms. The molecular weight excluding hydrogens is 403 g/mol. The molecule has 0 heterocycles. The van der Waals surface area contributed by atoms with E-state index in [1.165, 1.54) is 12.1 Å². The van der Waals surface area contributed by atoms with E-state index in [0.717, 1.165) is 6.42 Å². The Balaban J connectivity index is 0.00000441. The van der Waals surface area contributed by atoms with Crippen molar-refractivity contribution in [2.75, 3.05) is 26.8 Å². The van der Waals surface area contributed by atoms with Gasteiger partial charge in [0.15, 0.2) is 5.96 Å². The SMILES string of the molecule is CCC(CNC(=NC)NCCCF)Oc1cccc(F)c1.I. The van der Waals surface area contributed by atoms with Gasteiger partial charge in [-0.1, -0.05) is 13.0 Å². The number of nitrogens with zero attached hydrogens (tertiary/aromatic N) is 1. The Labute approximate surface area is 147 Å². The average molecular weight is 427 g/mol. The van der Waals surface area contributed by atoms with Gasteiger partial charge in [-0.15, -0.1) is 24.0 Å². The van der Waals surface area contributed by atoms with E-state index in [1.54, 1.807) is 19.2 Å². The van der Waals surface area contributed by atoms with Gasteiger partial charge in [-0.3, -0.25) is 9.38 Å². The van der Waals surface area contributed by atoms with Crippen LogP contribution in [-0.4, -0.2) is 38.9 Å². The number of alkyl halides is 1. The number of halogens is 3. The topological polar surface area (TPSA) is 45.7 Å². The highest BCUT2D eigenvalue weighted by Crippen LogP contribution is 2.14. The highest BCUT2D eigenvalue weighted by atomic mass is 127. The first kappa shape index (κ1) is 20.9. The summed E-state index contributed by atoms with van der Waals surface area (Å²) in [6, 6.07) is 6.07. The molecule has 0 aliphatic carbocycles. The molecule has 0 aromatic heterocycles. The molecule has 0 aliphatic rings. The minimum absolute atomic E-state index is 0. The minimum atomic E-state index is -0.357. The fourth-order valence-corrected chi connectivity index (χ4v) is 1.71. The van der Waals surface area contributed by atoms with Gasteiger partial charge in [-0.05, 0) is 25.0 Å². The number of hydrogen-bond acceptors (Lipinski definition) is 2. The standard InChI is InChI=1S/C15H23F2N3O.HI/c1-3-13(21-14-7-4-6-12(17)10-14)11-20-15(18-2)19-9-5-8-16;/h4,6-7,10,13H,3,5,8-9,11H2,1-2H3,(H2,18,19,20);1H. The Bertz CT molecular complexity index is 447. The fraction of sp³-hybridized carbons (Fsp3) is 0.533. The Kier molecular flexibility index (Phi) is 11.8. The van der Waals surface area contributed by atoms with E-state index >= 15 is 0 Å². The van der Waals surface area contributed by atoms with Crippen molar-refractivity contribution < 1.29 is 13.5 Å². The maximum atomic E-state index is 13.1. The second kappa shape index (κ2) is 12.4. The van der Waals surface area contributed by atoms with Gasteiger partial charge in [0.1, 0.15) is 17.7 Å². The van der Waals surface area contributed by atoms with E-state index < -0.39 is 0 Å². The highest BCUT2D eigenvalue weighted by Gasteiger charge is 2.09. The lowest BCUT2D eigenvalue weighted by Gasteiger charge is -2.20. The largest absolute Gasteiger partial charge is 0.489 e. The van der Waals surface area contributed by atoms with Gasteiger partial charge in [0, 0.05) is 19.7 Å². The van der Waals surface area contributed by atoms with Crippen molar-refractivity contribution in [2.24, 2.45) is 4.99 Å². The van der Waals surface area contributed by atoms with Crippen molar-refractivity contribution in [3.8, 4) is 5.75 Å². The second-order valence-electron chi connectivity index (χ2n) is 4.53. The number of rotatable bonds is 8. The summed E-state index contributed by atoms with van der Waals surface area (Å²) in [5, 5.41) is 6.12. The van der Waals surface area contributed by atoms with E-state index in [2.05, 4.69) is 15.6 Å². The molecule has 1 aromatic rings. The first-order chi connectivity index (χ1) is 10.2. The van der Waals surface area contributed by atoms with Gasteiger partial charge in [-0.2, -0.15) is 0 Å². The van der Waals surface area contributed by atoms with Crippen LogP contribution in [0.3, 0.4) is 0 Å². The van der Waals surface area contributed by atoms with Crippen LogP contribution in [0.2, 0.25) is 0 Å². The zero-order chi connectivity index (χ0) is 15.5. The van der Waals surface area contributed by atoms with E-state index in [-0.39, 0.29) is 42.6 Å². The van der Waals surface area contributed by atoms with Gasteiger partial charge in [-0.25, -0.2) is 4.39 Å². The number of aliphatic imine (C=N–C) groups is 1. The van der Waals surface area contributed by atoms with Gasteiger partial charge < -0.3 is 15.4 Å². The highest BCUT2D eigenvalue weighted by molar-refractivity contribution is 14.0. The second-order valence-corrected chi connectivity index (χ2v) is 4.53. The van der Waals surface area contributed by atoms with Crippen LogP contribution < -0.4 is 15.4 Å². The van der Waals surface area contributed by atoms with Crippen molar-refractivity contribution in [1.29, 1.82) is 0 Å². The normalized spacial score (nSPS) is 12.3. The smallest absolute Gasteiger partial charge is 0.191 e. The van der Waals surface area contributed by atoms with E-state index in [9.17, 15) is 8.78 Å². The molecule has 0 spiro atoms. The zero-order valence-electron chi connectivity index (χ0n) is 12.9. The van der Waals surface area contributed by atoms with Crippen LogP contribution in [0.5, 0.6) is 5.75 Å². The molecule has 1 atom stereocenters. The molecule has 0 bridgehead atoms. The lowest BCUT2D eigenvalue weighted by molar-refractivity contribution is 0.198. The number of ether oxygens (including phenoxy) is 1. The third-order valence-corrected chi connectivity index (χ3v) is 2.88.